The maximum absolute atomic E-state index is 13.0. The molecule has 3 nitrogen and oxygen atoms in total. The van der Waals surface area contributed by atoms with Gasteiger partial charge in [-0.15, -0.1) is 0 Å². The van der Waals surface area contributed by atoms with Crippen molar-refractivity contribution in [3.63, 3.8) is 0 Å². The third kappa shape index (κ3) is 2.61. The second-order valence-electron chi connectivity index (χ2n) is 5.54. The largest absolute Gasteiger partial charge is 0.364 e. The van der Waals surface area contributed by atoms with Crippen LogP contribution in [0.1, 0.15) is 19.8 Å². The second-order valence-corrected chi connectivity index (χ2v) is 5.54. The fraction of sp³-hybridized carbons (Fsp3) is 0.333. The molecular weight excluding hydrogens is 260 g/mol. The predicted octanol–water partition coefficient (Wildman–Crippen LogP) is 3.74. The van der Waals surface area contributed by atoms with E-state index in [4.69, 9.17) is 0 Å². The smallest absolute Gasteiger partial charge is 0.252 e. The van der Waals surface area contributed by atoms with E-state index in [1.807, 2.05) is 24.3 Å². The number of aromatic nitrogens is 2. The number of nitrogens with zero attached hydrogens (tertiary/aromatic N) is 2. The summed E-state index contributed by atoms with van der Waals surface area (Å²) in [7, 11) is 0. The molecule has 1 aliphatic carbocycles. The number of anilines is 1. The molecule has 0 atom stereocenters. The molecule has 1 aliphatic rings. The lowest BCUT2D eigenvalue weighted by Crippen LogP contribution is -2.54. The first-order valence-corrected chi connectivity index (χ1v) is 6.49. The van der Waals surface area contributed by atoms with Crippen LogP contribution in [0.3, 0.4) is 0 Å². The van der Waals surface area contributed by atoms with Crippen molar-refractivity contribution < 1.29 is 8.78 Å². The van der Waals surface area contributed by atoms with Crippen LogP contribution in [0.5, 0.6) is 0 Å². The van der Waals surface area contributed by atoms with Gasteiger partial charge in [-0.1, -0.05) is 6.07 Å². The SMILES string of the molecule is CC1(Nc2cccc(-c3cccnc3)n2)CC(F)(F)C1. The molecule has 0 radical (unpaired) electrons. The van der Waals surface area contributed by atoms with Crippen LogP contribution >= 0.6 is 0 Å². The van der Waals surface area contributed by atoms with Crippen LogP contribution in [0.2, 0.25) is 0 Å². The van der Waals surface area contributed by atoms with Crippen LogP contribution in [0.25, 0.3) is 11.3 Å². The number of hydrogen-bond donors (Lipinski definition) is 1. The molecule has 3 rings (SSSR count). The van der Waals surface area contributed by atoms with Gasteiger partial charge in [0.15, 0.2) is 0 Å². The Kier molecular flexibility index (Phi) is 2.92. The molecule has 0 aliphatic heterocycles. The first kappa shape index (κ1) is 13.0. The molecule has 2 aromatic rings. The molecule has 5 heteroatoms. The first-order valence-electron chi connectivity index (χ1n) is 6.49. The molecule has 0 saturated heterocycles. The number of alkyl halides is 2. The Labute approximate surface area is 116 Å². The lowest BCUT2D eigenvalue weighted by Gasteiger charge is -2.45. The number of pyridine rings is 2. The number of hydrogen-bond acceptors (Lipinski definition) is 3. The summed E-state index contributed by atoms with van der Waals surface area (Å²) in [5.74, 6) is -1.94. The van der Waals surface area contributed by atoms with E-state index in [2.05, 4.69) is 15.3 Å². The van der Waals surface area contributed by atoms with Crippen LogP contribution in [-0.2, 0) is 0 Å². The van der Waals surface area contributed by atoms with E-state index < -0.39 is 11.5 Å². The zero-order valence-electron chi connectivity index (χ0n) is 11.1. The van der Waals surface area contributed by atoms with E-state index in [9.17, 15) is 8.78 Å². The van der Waals surface area contributed by atoms with Crippen molar-refractivity contribution in [3.8, 4) is 11.3 Å². The highest BCUT2D eigenvalue weighted by Crippen LogP contribution is 2.46. The Balaban J connectivity index is 1.79. The lowest BCUT2D eigenvalue weighted by atomic mass is 9.75. The molecule has 2 heterocycles. The highest BCUT2D eigenvalue weighted by Gasteiger charge is 2.53. The zero-order chi connectivity index (χ0) is 14.2. The highest BCUT2D eigenvalue weighted by molar-refractivity contribution is 5.60. The molecular formula is C15H15F2N3. The van der Waals surface area contributed by atoms with Crippen LogP contribution in [0.15, 0.2) is 42.7 Å². The van der Waals surface area contributed by atoms with Crippen molar-refractivity contribution in [3.05, 3.63) is 42.7 Å². The summed E-state index contributed by atoms with van der Waals surface area (Å²) in [6.07, 6.45) is 3.12. The average molecular weight is 275 g/mol. The topological polar surface area (TPSA) is 37.8 Å². The lowest BCUT2D eigenvalue weighted by molar-refractivity contribution is -0.109. The summed E-state index contributed by atoms with van der Waals surface area (Å²) in [5.41, 5.74) is 1.10. The number of halogens is 2. The normalized spacial score (nSPS) is 19.1. The first-order chi connectivity index (χ1) is 9.46. The average Bonchev–Trinajstić information content (AvgIpc) is 2.37. The molecule has 0 bridgehead atoms. The molecule has 0 unspecified atom stereocenters. The Morgan fingerprint density at radius 2 is 1.95 bits per heavy atom. The molecule has 0 spiro atoms. The van der Waals surface area contributed by atoms with E-state index in [-0.39, 0.29) is 12.8 Å². The molecule has 20 heavy (non-hydrogen) atoms. The molecule has 104 valence electrons. The zero-order valence-corrected chi connectivity index (χ0v) is 11.1. The van der Waals surface area contributed by atoms with Crippen molar-refractivity contribution in [2.75, 3.05) is 5.32 Å². The number of rotatable bonds is 3. The van der Waals surface area contributed by atoms with Gasteiger partial charge in [0.05, 0.1) is 5.69 Å². The van der Waals surface area contributed by atoms with Gasteiger partial charge in [-0.3, -0.25) is 4.98 Å². The third-order valence-electron chi connectivity index (χ3n) is 3.43. The third-order valence-corrected chi connectivity index (χ3v) is 3.43. The highest BCUT2D eigenvalue weighted by atomic mass is 19.3. The Morgan fingerprint density at radius 1 is 1.15 bits per heavy atom. The van der Waals surface area contributed by atoms with E-state index in [0.717, 1.165) is 11.3 Å². The molecule has 1 N–H and O–H groups in total. The second kappa shape index (κ2) is 4.51. The maximum atomic E-state index is 13.0. The summed E-state index contributed by atoms with van der Waals surface area (Å²) in [6.45, 7) is 1.79. The van der Waals surface area contributed by atoms with Crippen LogP contribution in [0, 0.1) is 0 Å². The fourth-order valence-electron chi connectivity index (χ4n) is 2.67. The summed E-state index contributed by atoms with van der Waals surface area (Å²) in [6, 6.07) is 9.28. The van der Waals surface area contributed by atoms with Gasteiger partial charge in [0.1, 0.15) is 5.82 Å². The minimum absolute atomic E-state index is 0.154. The minimum Gasteiger partial charge on any atom is -0.364 e. The summed E-state index contributed by atoms with van der Waals surface area (Å²) in [5, 5.41) is 3.11. The quantitative estimate of drug-likeness (QED) is 0.927. The van der Waals surface area contributed by atoms with Gasteiger partial charge < -0.3 is 5.32 Å². The Hall–Kier alpha value is -2.04. The van der Waals surface area contributed by atoms with Crippen molar-refractivity contribution in [1.82, 2.24) is 9.97 Å². The van der Waals surface area contributed by atoms with Gasteiger partial charge in [0.2, 0.25) is 0 Å². The molecule has 0 amide bonds. The molecule has 2 aromatic heterocycles. The fourth-order valence-corrected chi connectivity index (χ4v) is 2.67. The van der Waals surface area contributed by atoms with E-state index >= 15 is 0 Å². The van der Waals surface area contributed by atoms with Crippen molar-refractivity contribution >= 4 is 5.82 Å². The van der Waals surface area contributed by atoms with Gasteiger partial charge in [-0.2, -0.15) is 0 Å². The molecule has 1 fully saturated rings. The van der Waals surface area contributed by atoms with Crippen LogP contribution < -0.4 is 5.32 Å². The molecule has 1 saturated carbocycles. The standard InChI is InChI=1S/C15H15F2N3/c1-14(9-15(16,17)10-14)20-13-6-2-5-12(19-13)11-4-3-7-18-8-11/h2-8H,9-10H2,1H3,(H,19,20). The Morgan fingerprint density at radius 3 is 2.60 bits per heavy atom. The van der Waals surface area contributed by atoms with E-state index in [1.54, 1.807) is 25.4 Å². The van der Waals surface area contributed by atoms with Gasteiger partial charge in [0.25, 0.3) is 5.92 Å². The van der Waals surface area contributed by atoms with Gasteiger partial charge in [-0.25, -0.2) is 13.8 Å². The van der Waals surface area contributed by atoms with Gasteiger partial charge in [0, 0.05) is 36.3 Å². The van der Waals surface area contributed by atoms with Crippen molar-refractivity contribution in [2.24, 2.45) is 0 Å². The van der Waals surface area contributed by atoms with Gasteiger partial charge in [-0.05, 0) is 31.2 Å². The van der Waals surface area contributed by atoms with Crippen molar-refractivity contribution in [1.29, 1.82) is 0 Å². The van der Waals surface area contributed by atoms with Gasteiger partial charge >= 0.3 is 0 Å². The summed E-state index contributed by atoms with van der Waals surface area (Å²) < 4.78 is 26.0. The maximum Gasteiger partial charge on any atom is 0.252 e. The monoisotopic (exact) mass is 275 g/mol. The molecule has 0 aromatic carbocycles. The van der Waals surface area contributed by atoms with Crippen LogP contribution in [-0.4, -0.2) is 21.4 Å². The van der Waals surface area contributed by atoms with E-state index in [1.165, 1.54) is 0 Å². The Bertz CT molecular complexity index is 606. The summed E-state index contributed by atoms with van der Waals surface area (Å²) >= 11 is 0. The summed E-state index contributed by atoms with van der Waals surface area (Å²) in [4.78, 5) is 8.51. The number of nitrogens with one attached hydrogen (secondary N) is 1. The minimum atomic E-state index is -2.55. The van der Waals surface area contributed by atoms with Crippen molar-refractivity contribution in [2.45, 2.75) is 31.2 Å². The van der Waals surface area contributed by atoms with E-state index in [0.29, 0.717) is 5.82 Å². The predicted molar refractivity (Wildman–Crippen MR) is 73.7 cm³/mol. The van der Waals surface area contributed by atoms with Crippen LogP contribution in [0.4, 0.5) is 14.6 Å².